The van der Waals surface area contributed by atoms with Crippen LogP contribution in [0.4, 0.5) is 13.2 Å². The van der Waals surface area contributed by atoms with Crippen LogP contribution in [-0.2, 0) is 16.6 Å². The van der Waals surface area contributed by atoms with Gasteiger partial charge >= 0.3 is 12.1 Å². The summed E-state index contributed by atoms with van der Waals surface area (Å²) in [5.74, 6) is -0.520. The summed E-state index contributed by atoms with van der Waals surface area (Å²) >= 11 is 0. The van der Waals surface area contributed by atoms with E-state index in [1.807, 2.05) is 0 Å². The first-order chi connectivity index (χ1) is 11.4. The van der Waals surface area contributed by atoms with Crippen molar-refractivity contribution in [3.63, 3.8) is 0 Å². The van der Waals surface area contributed by atoms with Gasteiger partial charge in [-0.15, -0.1) is 5.48 Å². The first-order valence-corrected chi connectivity index (χ1v) is 7.62. The Bertz CT molecular complexity index is 707. The standard InChI is InChI=1S/C18H16F3NO2/c19-18(20,21)15-9-7-14(8-10-15)17(11-4-12-17)22-24-16(23)13-5-2-1-3-6-13/h1-3,5-10,22H,4,11-12H2. The molecule has 3 nitrogen and oxygen atoms in total. The summed E-state index contributed by atoms with van der Waals surface area (Å²) in [6.45, 7) is 0. The van der Waals surface area contributed by atoms with E-state index >= 15 is 0 Å². The van der Waals surface area contributed by atoms with E-state index in [2.05, 4.69) is 5.48 Å². The van der Waals surface area contributed by atoms with Gasteiger partial charge in [-0.1, -0.05) is 30.3 Å². The summed E-state index contributed by atoms with van der Waals surface area (Å²) in [6.07, 6.45) is -2.06. The Morgan fingerprint density at radius 2 is 1.62 bits per heavy atom. The van der Waals surface area contributed by atoms with Gasteiger partial charge in [0.05, 0.1) is 16.7 Å². The first kappa shape index (κ1) is 16.5. The SMILES string of the molecule is O=C(ONC1(c2ccc(C(F)(F)F)cc2)CCC1)c1ccccc1. The molecule has 0 saturated heterocycles. The lowest BCUT2D eigenvalue weighted by Crippen LogP contribution is -2.48. The van der Waals surface area contributed by atoms with E-state index in [0.29, 0.717) is 24.0 Å². The third kappa shape index (κ3) is 3.28. The van der Waals surface area contributed by atoms with Crippen molar-refractivity contribution in [2.24, 2.45) is 0 Å². The van der Waals surface area contributed by atoms with E-state index in [0.717, 1.165) is 18.6 Å². The summed E-state index contributed by atoms with van der Waals surface area (Å²) in [5, 5.41) is 0. The van der Waals surface area contributed by atoms with Gasteiger partial charge in [0.15, 0.2) is 0 Å². The number of halogens is 3. The lowest BCUT2D eigenvalue weighted by atomic mass is 9.72. The average molecular weight is 335 g/mol. The van der Waals surface area contributed by atoms with Crippen molar-refractivity contribution in [1.29, 1.82) is 0 Å². The molecule has 0 aliphatic heterocycles. The van der Waals surface area contributed by atoms with Crippen LogP contribution < -0.4 is 5.48 Å². The van der Waals surface area contributed by atoms with E-state index in [1.54, 1.807) is 30.3 Å². The minimum atomic E-state index is -4.36. The molecule has 0 radical (unpaired) electrons. The molecule has 2 aromatic rings. The Labute approximate surface area is 137 Å². The number of carbonyl (C=O) groups is 1. The number of rotatable bonds is 4. The van der Waals surface area contributed by atoms with Gasteiger partial charge < -0.3 is 4.84 Å². The summed E-state index contributed by atoms with van der Waals surface area (Å²) in [4.78, 5) is 17.2. The summed E-state index contributed by atoms with van der Waals surface area (Å²) in [5.41, 5.74) is 2.56. The van der Waals surface area contributed by atoms with Crippen LogP contribution in [-0.4, -0.2) is 5.97 Å². The number of carbonyl (C=O) groups excluding carboxylic acids is 1. The second-order valence-electron chi connectivity index (χ2n) is 5.87. The van der Waals surface area contributed by atoms with Gasteiger partial charge in [0.2, 0.25) is 0 Å². The Kier molecular flexibility index (Phi) is 4.32. The molecule has 0 atom stereocenters. The molecule has 0 unspecified atom stereocenters. The van der Waals surface area contributed by atoms with Crippen molar-refractivity contribution >= 4 is 5.97 Å². The van der Waals surface area contributed by atoms with E-state index in [1.165, 1.54) is 12.1 Å². The highest BCUT2D eigenvalue weighted by Crippen LogP contribution is 2.42. The predicted octanol–water partition coefficient (Wildman–Crippen LogP) is 4.45. The van der Waals surface area contributed by atoms with Crippen molar-refractivity contribution in [2.45, 2.75) is 31.0 Å². The smallest absolute Gasteiger partial charge is 0.366 e. The van der Waals surface area contributed by atoms with Crippen molar-refractivity contribution < 1.29 is 22.8 Å². The molecule has 3 rings (SSSR count). The molecule has 1 aliphatic rings. The lowest BCUT2D eigenvalue weighted by molar-refractivity contribution is -0.137. The monoisotopic (exact) mass is 335 g/mol. The molecule has 0 aromatic heterocycles. The van der Waals surface area contributed by atoms with Gasteiger partial charge in [-0.05, 0) is 49.1 Å². The van der Waals surface area contributed by atoms with E-state index in [4.69, 9.17) is 4.84 Å². The van der Waals surface area contributed by atoms with Gasteiger partial charge in [0.25, 0.3) is 0 Å². The number of hydroxylamine groups is 1. The molecule has 6 heteroatoms. The maximum absolute atomic E-state index is 12.7. The zero-order valence-electron chi connectivity index (χ0n) is 12.8. The van der Waals surface area contributed by atoms with Crippen LogP contribution in [0.25, 0.3) is 0 Å². The molecule has 0 heterocycles. The average Bonchev–Trinajstić information content (AvgIpc) is 2.54. The van der Waals surface area contributed by atoms with Crippen LogP contribution >= 0.6 is 0 Å². The van der Waals surface area contributed by atoms with Gasteiger partial charge in [-0.25, -0.2) is 4.79 Å². The molecule has 0 spiro atoms. The molecule has 2 aromatic carbocycles. The van der Waals surface area contributed by atoms with E-state index < -0.39 is 23.2 Å². The molecule has 0 amide bonds. The fraction of sp³-hybridized carbons (Fsp3) is 0.278. The zero-order chi connectivity index (χ0) is 17.2. The Balaban J connectivity index is 1.72. The second-order valence-corrected chi connectivity index (χ2v) is 5.87. The summed E-state index contributed by atoms with van der Waals surface area (Å²) in [7, 11) is 0. The number of hydrogen-bond acceptors (Lipinski definition) is 3. The Hall–Kier alpha value is -2.34. The highest BCUT2D eigenvalue weighted by atomic mass is 19.4. The van der Waals surface area contributed by atoms with Crippen LogP contribution in [0.2, 0.25) is 0 Å². The van der Waals surface area contributed by atoms with Crippen LogP contribution in [0.1, 0.15) is 40.7 Å². The van der Waals surface area contributed by atoms with Crippen molar-refractivity contribution in [3.05, 3.63) is 71.3 Å². The van der Waals surface area contributed by atoms with Crippen LogP contribution in [0, 0.1) is 0 Å². The van der Waals surface area contributed by atoms with Crippen molar-refractivity contribution in [1.82, 2.24) is 5.48 Å². The normalized spacial score (nSPS) is 16.3. The maximum atomic E-state index is 12.7. The summed E-state index contributed by atoms with van der Waals surface area (Å²) in [6, 6.07) is 13.5. The minimum Gasteiger partial charge on any atom is -0.366 e. The maximum Gasteiger partial charge on any atom is 0.416 e. The highest BCUT2D eigenvalue weighted by molar-refractivity contribution is 5.89. The molecule has 1 aliphatic carbocycles. The fourth-order valence-corrected chi connectivity index (χ4v) is 2.74. The van der Waals surface area contributed by atoms with Crippen molar-refractivity contribution in [2.75, 3.05) is 0 Å². The Morgan fingerprint density at radius 1 is 1.00 bits per heavy atom. The quantitative estimate of drug-likeness (QED) is 0.839. The molecule has 1 saturated carbocycles. The molecule has 126 valence electrons. The van der Waals surface area contributed by atoms with Crippen LogP contribution in [0.15, 0.2) is 54.6 Å². The third-order valence-corrected chi connectivity index (χ3v) is 4.32. The Morgan fingerprint density at radius 3 is 2.12 bits per heavy atom. The second kappa shape index (κ2) is 6.28. The van der Waals surface area contributed by atoms with E-state index in [9.17, 15) is 18.0 Å². The molecule has 1 fully saturated rings. The molecular formula is C18H16F3NO2. The van der Waals surface area contributed by atoms with Gasteiger partial charge in [-0.3, -0.25) is 0 Å². The molecule has 1 N–H and O–H groups in total. The topological polar surface area (TPSA) is 38.3 Å². The van der Waals surface area contributed by atoms with Gasteiger partial charge in [0, 0.05) is 0 Å². The van der Waals surface area contributed by atoms with Crippen LogP contribution in [0.3, 0.4) is 0 Å². The number of nitrogens with one attached hydrogen (secondary N) is 1. The van der Waals surface area contributed by atoms with Crippen LogP contribution in [0.5, 0.6) is 0 Å². The third-order valence-electron chi connectivity index (χ3n) is 4.32. The molecule has 0 bridgehead atoms. The number of hydrogen-bond donors (Lipinski definition) is 1. The predicted molar refractivity (Wildman–Crippen MR) is 82.0 cm³/mol. The first-order valence-electron chi connectivity index (χ1n) is 7.62. The summed E-state index contributed by atoms with van der Waals surface area (Å²) < 4.78 is 38.0. The number of alkyl halides is 3. The van der Waals surface area contributed by atoms with Gasteiger partial charge in [-0.2, -0.15) is 13.2 Å². The van der Waals surface area contributed by atoms with Gasteiger partial charge in [0.1, 0.15) is 0 Å². The fourth-order valence-electron chi connectivity index (χ4n) is 2.74. The van der Waals surface area contributed by atoms with E-state index in [-0.39, 0.29) is 0 Å². The largest absolute Gasteiger partial charge is 0.416 e. The highest BCUT2D eigenvalue weighted by Gasteiger charge is 2.41. The van der Waals surface area contributed by atoms with Crippen molar-refractivity contribution in [3.8, 4) is 0 Å². The molecule has 24 heavy (non-hydrogen) atoms. The zero-order valence-corrected chi connectivity index (χ0v) is 12.8. The minimum absolute atomic E-state index is 0.409. The lowest BCUT2D eigenvalue weighted by Gasteiger charge is -2.41. The molecular weight excluding hydrogens is 319 g/mol. The number of benzene rings is 2.